The Morgan fingerprint density at radius 3 is 2.46 bits per heavy atom. The molecule has 26 heavy (non-hydrogen) atoms. The van der Waals surface area contributed by atoms with Crippen LogP contribution in [-0.4, -0.2) is 26.6 Å². The van der Waals surface area contributed by atoms with Crippen molar-refractivity contribution < 1.29 is 22.0 Å². The molecule has 1 saturated heterocycles. The summed E-state index contributed by atoms with van der Waals surface area (Å²) in [7, 11) is -3.23. The molecule has 0 aliphatic carbocycles. The Bertz CT molecular complexity index is 957. The van der Waals surface area contributed by atoms with Crippen molar-refractivity contribution in [3.63, 3.8) is 0 Å². The van der Waals surface area contributed by atoms with Crippen molar-refractivity contribution in [1.82, 2.24) is 0 Å². The van der Waals surface area contributed by atoms with Gasteiger partial charge in [0.1, 0.15) is 11.6 Å². The summed E-state index contributed by atoms with van der Waals surface area (Å²) in [5.41, 5.74) is 1.15. The second-order valence-corrected chi connectivity index (χ2v) is 7.79. The van der Waals surface area contributed by atoms with Crippen molar-refractivity contribution in [1.29, 1.82) is 0 Å². The maximum atomic E-state index is 13.5. The number of hydrogen-bond donors (Lipinski definition) is 1. The Labute approximate surface area is 150 Å². The zero-order valence-corrected chi connectivity index (χ0v) is 14.5. The minimum Gasteiger partial charge on any atom is -0.320 e. The van der Waals surface area contributed by atoms with Crippen LogP contribution in [0.3, 0.4) is 0 Å². The Morgan fingerprint density at radius 2 is 1.85 bits per heavy atom. The summed E-state index contributed by atoms with van der Waals surface area (Å²) < 4.78 is 51.5. The van der Waals surface area contributed by atoms with E-state index in [-0.39, 0.29) is 11.4 Å². The fourth-order valence-corrected chi connectivity index (χ4v) is 4.18. The number of carbonyl (C=O) groups is 1. The fourth-order valence-electron chi connectivity index (χ4n) is 2.62. The molecule has 1 fully saturated rings. The molecule has 0 atom stereocenters. The van der Waals surface area contributed by atoms with Gasteiger partial charge in [-0.3, -0.25) is 9.10 Å². The quantitative estimate of drug-likeness (QED) is 0.831. The number of nitrogens with one attached hydrogen (secondary N) is 1. The van der Waals surface area contributed by atoms with Crippen LogP contribution in [0.1, 0.15) is 12.0 Å². The SMILES string of the molecule is O=C(/C=C/c1ccc(N2CCCS2(=O)=O)cc1)Nc1ccc(F)cc1F. The minimum atomic E-state index is -3.23. The molecule has 1 amide bonds. The monoisotopic (exact) mass is 378 g/mol. The average molecular weight is 378 g/mol. The summed E-state index contributed by atoms with van der Waals surface area (Å²) in [4.78, 5) is 11.8. The van der Waals surface area contributed by atoms with Gasteiger partial charge in [0.25, 0.3) is 0 Å². The lowest BCUT2D eigenvalue weighted by molar-refractivity contribution is -0.111. The Morgan fingerprint density at radius 1 is 1.12 bits per heavy atom. The highest BCUT2D eigenvalue weighted by molar-refractivity contribution is 7.93. The number of nitrogens with zero attached hydrogens (tertiary/aromatic N) is 1. The van der Waals surface area contributed by atoms with Crippen molar-refractivity contribution in [3.05, 3.63) is 65.7 Å². The third-order valence-corrected chi connectivity index (χ3v) is 5.77. The van der Waals surface area contributed by atoms with Gasteiger partial charge in [0.15, 0.2) is 0 Å². The van der Waals surface area contributed by atoms with Gasteiger partial charge in [0.05, 0.1) is 17.1 Å². The van der Waals surface area contributed by atoms with E-state index in [0.717, 1.165) is 12.1 Å². The van der Waals surface area contributed by atoms with E-state index in [2.05, 4.69) is 5.32 Å². The number of hydrogen-bond acceptors (Lipinski definition) is 3. The maximum absolute atomic E-state index is 13.5. The molecule has 0 radical (unpaired) electrons. The van der Waals surface area contributed by atoms with Gasteiger partial charge in [0, 0.05) is 18.7 Å². The van der Waals surface area contributed by atoms with E-state index in [1.807, 2.05) is 0 Å². The molecule has 0 aromatic heterocycles. The van der Waals surface area contributed by atoms with Crippen LogP contribution in [-0.2, 0) is 14.8 Å². The number of carbonyl (C=O) groups excluding carboxylic acids is 1. The molecule has 1 aliphatic rings. The van der Waals surface area contributed by atoms with E-state index in [4.69, 9.17) is 0 Å². The largest absolute Gasteiger partial charge is 0.320 e. The second-order valence-electron chi connectivity index (χ2n) is 5.78. The molecule has 1 N–H and O–H groups in total. The molecule has 8 heteroatoms. The maximum Gasteiger partial charge on any atom is 0.248 e. The second kappa shape index (κ2) is 7.25. The molecule has 0 unspecified atom stereocenters. The molecule has 2 aromatic carbocycles. The molecule has 1 heterocycles. The van der Waals surface area contributed by atoms with Gasteiger partial charge in [0.2, 0.25) is 15.9 Å². The van der Waals surface area contributed by atoms with Crippen LogP contribution < -0.4 is 9.62 Å². The first-order valence-corrected chi connectivity index (χ1v) is 9.51. The number of rotatable bonds is 4. The Hall–Kier alpha value is -2.74. The summed E-state index contributed by atoms with van der Waals surface area (Å²) >= 11 is 0. The first-order chi connectivity index (χ1) is 12.3. The number of benzene rings is 2. The van der Waals surface area contributed by atoms with Crippen LogP contribution in [0, 0.1) is 11.6 Å². The molecule has 0 spiro atoms. The van der Waals surface area contributed by atoms with Gasteiger partial charge >= 0.3 is 0 Å². The topological polar surface area (TPSA) is 66.5 Å². The summed E-state index contributed by atoms with van der Waals surface area (Å²) in [5.74, 6) is -2.00. The number of halogens is 2. The zero-order valence-electron chi connectivity index (χ0n) is 13.7. The van der Waals surface area contributed by atoms with Gasteiger partial charge in [-0.25, -0.2) is 17.2 Å². The average Bonchev–Trinajstić information content (AvgIpc) is 2.95. The highest BCUT2D eigenvalue weighted by Crippen LogP contribution is 2.24. The lowest BCUT2D eigenvalue weighted by Crippen LogP contribution is -2.24. The van der Waals surface area contributed by atoms with E-state index < -0.39 is 27.6 Å². The van der Waals surface area contributed by atoms with E-state index in [0.29, 0.717) is 30.3 Å². The molecular weight excluding hydrogens is 362 g/mol. The predicted octanol–water partition coefficient (Wildman–Crippen LogP) is 3.16. The van der Waals surface area contributed by atoms with E-state index in [1.54, 1.807) is 24.3 Å². The van der Waals surface area contributed by atoms with Crippen LogP contribution in [0.4, 0.5) is 20.2 Å². The van der Waals surface area contributed by atoms with Crippen LogP contribution in [0.2, 0.25) is 0 Å². The molecule has 0 bridgehead atoms. The van der Waals surface area contributed by atoms with Gasteiger partial charge < -0.3 is 5.32 Å². The zero-order chi connectivity index (χ0) is 18.7. The summed E-state index contributed by atoms with van der Waals surface area (Å²) in [6, 6.07) is 9.58. The normalized spacial score (nSPS) is 16.2. The number of sulfonamides is 1. The minimum absolute atomic E-state index is 0.115. The van der Waals surface area contributed by atoms with Gasteiger partial charge in [-0.1, -0.05) is 12.1 Å². The van der Waals surface area contributed by atoms with Crippen LogP contribution in [0.5, 0.6) is 0 Å². The van der Waals surface area contributed by atoms with Crippen molar-refractivity contribution in [2.75, 3.05) is 21.9 Å². The first kappa shape index (κ1) is 18.1. The predicted molar refractivity (Wildman–Crippen MR) is 96.2 cm³/mol. The van der Waals surface area contributed by atoms with E-state index in [1.165, 1.54) is 16.5 Å². The van der Waals surface area contributed by atoms with Crippen LogP contribution >= 0.6 is 0 Å². The Kier molecular flexibility index (Phi) is 5.03. The first-order valence-electron chi connectivity index (χ1n) is 7.90. The molecule has 5 nitrogen and oxygen atoms in total. The van der Waals surface area contributed by atoms with Crippen LogP contribution in [0.25, 0.3) is 6.08 Å². The molecule has 3 rings (SSSR count). The van der Waals surface area contributed by atoms with E-state index >= 15 is 0 Å². The van der Waals surface area contributed by atoms with Gasteiger partial charge in [-0.2, -0.15) is 0 Å². The van der Waals surface area contributed by atoms with Crippen molar-refractivity contribution >= 4 is 33.4 Å². The highest BCUT2D eigenvalue weighted by atomic mass is 32.2. The summed E-state index contributed by atoms with van der Waals surface area (Å²) in [5, 5.41) is 2.32. The molecule has 2 aromatic rings. The molecule has 1 aliphatic heterocycles. The lowest BCUT2D eigenvalue weighted by atomic mass is 10.2. The van der Waals surface area contributed by atoms with Crippen LogP contribution in [0.15, 0.2) is 48.5 Å². The third-order valence-electron chi connectivity index (χ3n) is 3.90. The summed E-state index contributed by atoms with van der Waals surface area (Å²) in [6.07, 6.45) is 3.33. The van der Waals surface area contributed by atoms with Crippen molar-refractivity contribution in [3.8, 4) is 0 Å². The highest BCUT2D eigenvalue weighted by Gasteiger charge is 2.28. The molecule has 136 valence electrons. The van der Waals surface area contributed by atoms with Crippen molar-refractivity contribution in [2.24, 2.45) is 0 Å². The third kappa shape index (κ3) is 4.08. The standard InChI is InChI=1S/C18H16F2N2O3S/c19-14-5-8-17(16(20)12-14)21-18(23)9-4-13-2-6-15(7-3-13)22-10-1-11-26(22,24)25/h2-9,12H,1,10-11H2,(H,21,23)/b9-4+. The van der Waals surface area contributed by atoms with Gasteiger partial charge in [-0.05, 0) is 42.3 Å². The smallest absolute Gasteiger partial charge is 0.248 e. The molecular formula is C18H16F2N2O3S. The van der Waals surface area contributed by atoms with E-state index in [9.17, 15) is 22.0 Å². The lowest BCUT2D eigenvalue weighted by Gasteiger charge is -2.16. The fraction of sp³-hybridized carbons (Fsp3) is 0.167. The molecule has 0 saturated carbocycles. The Balaban J connectivity index is 1.66. The van der Waals surface area contributed by atoms with Gasteiger partial charge in [-0.15, -0.1) is 0 Å². The summed E-state index contributed by atoms with van der Waals surface area (Å²) in [6.45, 7) is 0.461. The van der Waals surface area contributed by atoms with Crippen molar-refractivity contribution in [2.45, 2.75) is 6.42 Å². The number of amides is 1. The number of anilines is 2.